The molecule has 1 aliphatic heterocycles. The van der Waals surface area contributed by atoms with Gasteiger partial charge in [0.2, 0.25) is 5.88 Å². The van der Waals surface area contributed by atoms with Gasteiger partial charge in [0, 0.05) is 34.1 Å². The number of nitrogens with two attached hydrogens (primary N) is 1. The lowest BCUT2D eigenvalue weighted by molar-refractivity contribution is -0.119. The van der Waals surface area contributed by atoms with E-state index in [2.05, 4.69) is 27.3 Å². The Bertz CT molecular complexity index is 1370. The Labute approximate surface area is 219 Å². The van der Waals surface area contributed by atoms with Gasteiger partial charge in [0.1, 0.15) is 23.2 Å². The summed E-state index contributed by atoms with van der Waals surface area (Å²) < 4.78 is 12.5. The van der Waals surface area contributed by atoms with E-state index in [1.54, 1.807) is 18.2 Å². The molecule has 0 fully saturated rings. The number of halogens is 1. The number of hydrogen-bond donors (Lipinski definition) is 2. The monoisotopic (exact) mass is 549 g/mol. The fourth-order valence-corrected chi connectivity index (χ4v) is 5.07. The van der Waals surface area contributed by atoms with Gasteiger partial charge in [-0.15, -0.1) is 0 Å². The molecule has 0 saturated carbocycles. The zero-order chi connectivity index (χ0) is 26.2. The van der Waals surface area contributed by atoms with Crippen molar-refractivity contribution in [2.45, 2.75) is 46.5 Å². The smallest absolute Gasteiger partial charge is 0.262 e. The first-order chi connectivity index (χ1) is 17.0. The molecule has 4 rings (SSSR count). The maximum Gasteiger partial charge on any atom is 0.262 e. The van der Waals surface area contributed by atoms with Crippen LogP contribution in [0.15, 0.2) is 63.7 Å². The SMILES string of the molecule is Cc1cccc(NC(=O)COc2ccc(Br)cc2C2C(C#N)=C(N)OC3=C2C(=O)CC(C)(C)C3)c1C. The van der Waals surface area contributed by atoms with E-state index in [4.69, 9.17) is 15.2 Å². The quantitative estimate of drug-likeness (QED) is 0.506. The molecule has 0 spiro atoms. The molecule has 1 amide bonds. The number of benzene rings is 2. The summed E-state index contributed by atoms with van der Waals surface area (Å²) >= 11 is 3.48. The van der Waals surface area contributed by atoms with Crippen molar-refractivity contribution < 1.29 is 19.1 Å². The molecular formula is C28H28BrN3O4. The third kappa shape index (κ3) is 5.02. The zero-order valence-electron chi connectivity index (χ0n) is 20.7. The number of ketones is 1. The largest absolute Gasteiger partial charge is 0.483 e. The van der Waals surface area contributed by atoms with Crippen LogP contribution in [0.4, 0.5) is 5.69 Å². The van der Waals surface area contributed by atoms with Crippen molar-refractivity contribution >= 4 is 33.3 Å². The fraction of sp³-hybridized carbons (Fsp3) is 0.321. The van der Waals surface area contributed by atoms with E-state index in [9.17, 15) is 14.9 Å². The van der Waals surface area contributed by atoms with Crippen molar-refractivity contribution in [3.63, 3.8) is 0 Å². The molecule has 3 N–H and O–H groups in total. The molecule has 0 radical (unpaired) electrons. The van der Waals surface area contributed by atoms with Crippen LogP contribution >= 0.6 is 15.9 Å². The lowest BCUT2D eigenvalue weighted by Gasteiger charge is -2.37. The van der Waals surface area contributed by atoms with Gasteiger partial charge < -0.3 is 20.5 Å². The van der Waals surface area contributed by atoms with E-state index in [1.807, 2.05) is 45.9 Å². The van der Waals surface area contributed by atoms with Crippen LogP contribution in [0.1, 0.15) is 49.3 Å². The summed E-state index contributed by atoms with van der Waals surface area (Å²) in [6.45, 7) is 7.66. The Balaban J connectivity index is 1.68. The molecule has 0 aromatic heterocycles. The summed E-state index contributed by atoms with van der Waals surface area (Å²) in [4.78, 5) is 26.0. The second kappa shape index (κ2) is 9.82. The van der Waals surface area contributed by atoms with E-state index in [0.29, 0.717) is 35.5 Å². The summed E-state index contributed by atoms with van der Waals surface area (Å²) in [5, 5.41) is 12.8. The number of Topliss-reactive ketones (excluding diaryl/α,β-unsaturated/α-hetero) is 1. The number of nitriles is 1. The van der Waals surface area contributed by atoms with Gasteiger partial charge in [0.05, 0.1) is 5.92 Å². The minimum Gasteiger partial charge on any atom is -0.483 e. The van der Waals surface area contributed by atoms with Crippen LogP contribution in [0.5, 0.6) is 5.75 Å². The van der Waals surface area contributed by atoms with Crippen LogP contribution in [0, 0.1) is 30.6 Å². The van der Waals surface area contributed by atoms with Crippen molar-refractivity contribution in [1.82, 2.24) is 0 Å². The summed E-state index contributed by atoms with van der Waals surface area (Å²) in [5.74, 6) is -0.328. The molecule has 7 nitrogen and oxygen atoms in total. The number of hydrogen-bond acceptors (Lipinski definition) is 6. The summed E-state index contributed by atoms with van der Waals surface area (Å²) in [5.41, 5.74) is 9.77. The number of allylic oxidation sites excluding steroid dienone is 3. The second-order valence-corrected chi connectivity index (χ2v) is 10.9. The molecule has 0 saturated heterocycles. The highest BCUT2D eigenvalue weighted by molar-refractivity contribution is 9.10. The molecule has 2 aliphatic rings. The van der Waals surface area contributed by atoms with Gasteiger partial charge in [0.15, 0.2) is 12.4 Å². The molecule has 0 bridgehead atoms. The first kappa shape index (κ1) is 25.5. The van der Waals surface area contributed by atoms with Crippen molar-refractivity contribution in [3.05, 3.63) is 80.3 Å². The Morgan fingerprint density at radius 1 is 1.28 bits per heavy atom. The number of carbonyl (C=O) groups is 2. The number of aryl methyl sites for hydroxylation is 1. The van der Waals surface area contributed by atoms with Crippen LogP contribution in [-0.2, 0) is 14.3 Å². The number of anilines is 1. The minimum atomic E-state index is -0.753. The van der Waals surface area contributed by atoms with E-state index in [0.717, 1.165) is 21.3 Å². The Hall–Kier alpha value is -3.57. The first-order valence-corrected chi connectivity index (χ1v) is 12.4. The molecule has 1 heterocycles. The van der Waals surface area contributed by atoms with Crippen molar-refractivity contribution in [1.29, 1.82) is 5.26 Å². The molecule has 1 aliphatic carbocycles. The number of rotatable bonds is 5. The predicted molar refractivity (Wildman–Crippen MR) is 140 cm³/mol. The van der Waals surface area contributed by atoms with E-state index >= 15 is 0 Å². The van der Waals surface area contributed by atoms with Gasteiger partial charge in [-0.2, -0.15) is 5.26 Å². The summed E-state index contributed by atoms with van der Waals surface area (Å²) in [6, 6.07) is 13.1. The van der Waals surface area contributed by atoms with Crippen molar-refractivity contribution in [2.75, 3.05) is 11.9 Å². The third-order valence-corrected chi connectivity index (χ3v) is 7.09. The van der Waals surface area contributed by atoms with Crippen molar-refractivity contribution in [3.8, 4) is 11.8 Å². The normalized spacial score (nSPS) is 18.8. The molecule has 36 heavy (non-hydrogen) atoms. The molecule has 1 unspecified atom stereocenters. The average molecular weight is 550 g/mol. The van der Waals surface area contributed by atoms with Crippen LogP contribution in [0.2, 0.25) is 0 Å². The zero-order valence-corrected chi connectivity index (χ0v) is 22.3. The highest BCUT2D eigenvalue weighted by Gasteiger charge is 2.43. The maximum absolute atomic E-state index is 13.3. The molecule has 2 aromatic rings. The van der Waals surface area contributed by atoms with E-state index < -0.39 is 5.92 Å². The number of ether oxygens (including phenoxy) is 2. The van der Waals surface area contributed by atoms with Crippen molar-refractivity contribution in [2.24, 2.45) is 11.1 Å². The average Bonchev–Trinajstić information content (AvgIpc) is 2.79. The van der Waals surface area contributed by atoms with Gasteiger partial charge in [0.25, 0.3) is 5.91 Å². The van der Waals surface area contributed by atoms with Gasteiger partial charge in [-0.05, 0) is 54.7 Å². The van der Waals surface area contributed by atoms with Gasteiger partial charge in [-0.25, -0.2) is 0 Å². The van der Waals surface area contributed by atoms with Crippen LogP contribution in [0.25, 0.3) is 0 Å². The van der Waals surface area contributed by atoms with E-state index in [1.165, 1.54) is 0 Å². The van der Waals surface area contributed by atoms with Crippen LogP contribution < -0.4 is 15.8 Å². The topological polar surface area (TPSA) is 114 Å². The first-order valence-electron chi connectivity index (χ1n) is 11.6. The van der Waals surface area contributed by atoms with Gasteiger partial charge in [-0.1, -0.05) is 41.9 Å². The number of carbonyl (C=O) groups excluding carboxylic acids is 2. The lowest BCUT2D eigenvalue weighted by atomic mass is 9.70. The lowest BCUT2D eigenvalue weighted by Crippen LogP contribution is -2.33. The van der Waals surface area contributed by atoms with Crippen LogP contribution in [0.3, 0.4) is 0 Å². The highest BCUT2D eigenvalue weighted by atomic mass is 79.9. The summed E-state index contributed by atoms with van der Waals surface area (Å²) in [7, 11) is 0. The third-order valence-electron chi connectivity index (χ3n) is 6.60. The number of nitrogens with zero attached hydrogens (tertiary/aromatic N) is 1. The van der Waals surface area contributed by atoms with E-state index in [-0.39, 0.29) is 35.2 Å². The second-order valence-electron chi connectivity index (χ2n) is 9.97. The van der Waals surface area contributed by atoms with Crippen LogP contribution in [-0.4, -0.2) is 18.3 Å². The predicted octanol–water partition coefficient (Wildman–Crippen LogP) is 5.53. The van der Waals surface area contributed by atoms with Gasteiger partial charge in [-0.3, -0.25) is 9.59 Å². The maximum atomic E-state index is 13.3. The number of nitrogens with one attached hydrogen (secondary N) is 1. The molecule has 1 atom stereocenters. The molecule has 8 heteroatoms. The summed E-state index contributed by atoms with van der Waals surface area (Å²) in [6.07, 6.45) is 0.846. The molecule has 2 aromatic carbocycles. The Kier molecular flexibility index (Phi) is 6.96. The fourth-order valence-electron chi connectivity index (χ4n) is 4.69. The minimum absolute atomic E-state index is 0.0228. The Morgan fingerprint density at radius 3 is 2.75 bits per heavy atom. The standard InChI is InChI=1S/C28H28BrN3O4/c1-15-6-5-7-20(16(15)2)32-24(34)14-35-22-9-8-17(29)10-18(22)25-19(13-30)27(31)36-23-12-28(3,4)11-21(33)26(23)25/h5-10,25H,11-12,14,31H2,1-4H3,(H,32,34). The van der Waals surface area contributed by atoms with Gasteiger partial charge >= 0.3 is 0 Å². The Morgan fingerprint density at radius 2 is 2.03 bits per heavy atom. The highest BCUT2D eigenvalue weighted by Crippen LogP contribution is 2.49. The molecular weight excluding hydrogens is 522 g/mol. The number of amides is 1. The molecule has 186 valence electrons.